The molecule has 0 unspecified atom stereocenters. The Balaban J connectivity index is 0.000000970. The Bertz CT molecular complexity index is 513. The van der Waals surface area contributed by atoms with Crippen LogP contribution in [0.4, 0.5) is 0 Å². The fourth-order valence-corrected chi connectivity index (χ4v) is 3.03. The van der Waals surface area contributed by atoms with E-state index in [1.807, 2.05) is 36.2 Å². The van der Waals surface area contributed by atoms with Crippen molar-refractivity contribution in [2.75, 3.05) is 27.2 Å². The smallest absolute Gasteiger partial charge is 0.290 e. The minimum absolute atomic E-state index is 0.0433. The lowest BCUT2D eigenvalue weighted by molar-refractivity contribution is -0.129. The van der Waals surface area contributed by atoms with Crippen LogP contribution in [0.5, 0.6) is 0 Å². The summed E-state index contributed by atoms with van der Waals surface area (Å²) < 4.78 is 0. The van der Waals surface area contributed by atoms with Gasteiger partial charge in [0.2, 0.25) is 5.91 Å². The number of benzene rings is 1. The Morgan fingerprint density at radius 3 is 2.16 bits per heavy atom. The van der Waals surface area contributed by atoms with Crippen LogP contribution in [0.1, 0.15) is 36.8 Å². The average Bonchev–Trinajstić information content (AvgIpc) is 3.15. The quantitative estimate of drug-likeness (QED) is 0.732. The average molecular weight is 350 g/mol. The Morgan fingerprint density at radius 1 is 1.12 bits per heavy atom. The van der Waals surface area contributed by atoms with Crippen LogP contribution in [-0.2, 0) is 22.6 Å². The van der Waals surface area contributed by atoms with Crippen LogP contribution < -0.4 is 0 Å². The highest BCUT2D eigenvalue weighted by Crippen LogP contribution is 2.22. The molecule has 0 heterocycles. The van der Waals surface area contributed by atoms with Gasteiger partial charge in [-0.3, -0.25) is 9.59 Å². The zero-order chi connectivity index (χ0) is 18.7. The predicted octanol–water partition coefficient (Wildman–Crippen LogP) is 1.75. The fraction of sp³-hybridized carbons (Fsp3) is 0.579. The lowest BCUT2D eigenvalue weighted by Crippen LogP contribution is -2.38. The molecule has 6 nitrogen and oxygen atoms in total. The van der Waals surface area contributed by atoms with E-state index in [4.69, 9.17) is 15.0 Å². The monoisotopic (exact) mass is 350 g/mol. The molecule has 2 N–H and O–H groups in total. The number of carbonyl (C=O) groups excluding carboxylic acids is 1. The number of hydrogen-bond donors (Lipinski definition) is 2. The summed E-state index contributed by atoms with van der Waals surface area (Å²) in [4.78, 5) is 24.8. The molecule has 1 amide bonds. The van der Waals surface area contributed by atoms with Gasteiger partial charge in [-0.25, -0.2) is 0 Å². The second kappa shape index (κ2) is 11.6. The van der Waals surface area contributed by atoms with Crippen LogP contribution in [0.15, 0.2) is 24.3 Å². The zero-order valence-corrected chi connectivity index (χ0v) is 15.2. The van der Waals surface area contributed by atoms with Crippen molar-refractivity contribution in [3.8, 4) is 0 Å². The fourth-order valence-electron chi connectivity index (χ4n) is 3.03. The molecule has 0 spiro atoms. The van der Waals surface area contributed by atoms with Crippen LogP contribution in [0.25, 0.3) is 0 Å². The number of aliphatic hydroxyl groups is 1. The van der Waals surface area contributed by atoms with Crippen LogP contribution in [0.3, 0.4) is 0 Å². The van der Waals surface area contributed by atoms with Gasteiger partial charge in [0.1, 0.15) is 0 Å². The van der Waals surface area contributed by atoms with Gasteiger partial charge in [0.05, 0.1) is 13.0 Å². The number of nitrogens with zero attached hydrogens (tertiary/aromatic N) is 2. The molecule has 0 radical (unpaired) electrons. The summed E-state index contributed by atoms with van der Waals surface area (Å²) in [7, 11) is 4.05. The summed E-state index contributed by atoms with van der Waals surface area (Å²) in [6, 6.07) is 8.28. The van der Waals surface area contributed by atoms with Gasteiger partial charge in [-0.15, -0.1) is 0 Å². The van der Waals surface area contributed by atoms with Crippen LogP contribution >= 0.6 is 0 Å². The Kier molecular flexibility index (Phi) is 9.80. The van der Waals surface area contributed by atoms with Crippen molar-refractivity contribution in [3.63, 3.8) is 0 Å². The molecule has 6 heteroatoms. The minimum Gasteiger partial charge on any atom is -0.483 e. The Hall–Kier alpha value is -1.92. The molecule has 0 bridgehead atoms. The first-order valence-corrected chi connectivity index (χ1v) is 8.72. The lowest BCUT2D eigenvalue weighted by atomic mass is 10.1. The molecule has 0 atom stereocenters. The van der Waals surface area contributed by atoms with E-state index >= 15 is 0 Å². The van der Waals surface area contributed by atoms with Gasteiger partial charge in [0, 0.05) is 26.2 Å². The number of amides is 1. The molecular formula is C19H30N2O4. The van der Waals surface area contributed by atoms with Crippen LogP contribution in [-0.4, -0.2) is 65.6 Å². The molecule has 1 aliphatic rings. The second-order valence-electron chi connectivity index (χ2n) is 6.49. The van der Waals surface area contributed by atoms with Gasteiger partial charge in [-0.2, -0.15) is 0 Å². The van der Waals surface area contributed by atoms with Gasteiger partial charge in [0.25, 0.3) is 6.47 Å². The van der Waals surface area contributed by atoms with Crippen molar-refractivity contribution >= 4 is 12.4 Å². The molecule has 0 aliphatic heterocycles. The lowest BCUT2D eigenvalue weighted by Gasteiger charge is -2.26. The van der Waals surface area contributed by atoms with E-state index in [0.717, 1.165) is 24.2 Å². The summed E-state index contributed by atoms with van der Waals surface area (Å²) in [5.74, 6) is 0.150. The SMILES string of the molecule is CN(CCN(C)C1CCCC1)C(=O)Cc1ccc(CO)cc1.O=CO. The molecule has 2 rings (SSSR count). The van der Waals surface area contributed by atoms with Gasteiger partial charge in [0.15, 0.2) is 0 Å². The van der Waals surface area contributed by atoms with Crippen molar-refractivity contribution in [1.29, 1.82) is 0 Å². The molecule has 1 aromatic carbocycles. The van der Waals surface area contributed by atoms with E-state index in [0.29, 0.717) is 12.5 Å². The molecular weight excluding hydrogens is 320 g/mol. The summed E-state index contributed by atoms with van der Waals surface area (Å²) in [6.45, 7) is 1.51. The standard InChI is InChI=1S/C18H28N2O2.CH2O2/c1-19(17-5-3-4-6-17)11-12-20(2)18(22)13-15-7-9-16(14-21)10-8-15;2-1-3/h7-10,17,21H,3-6,11-14H2,1-2H3;1H,(H,2,3). The van der Waals surface area contributed by atoms with Crippen LogP contribution in [0.2, 0.25) is 0 Å². The molecule has 25 heavy (non-hydrogen) atoms. The molecule has 1 fully saturated rings. The molecule has 0 saturated heterocycles. The van der Waals surface area contributed by atoms with Gasteiger partial charge in [-0.1, -0.05) is 37.1 Å². The van der Waals surface area contributed by atoms with Crippen molar-refractivity contribution < 1.29 is 19.8 Å². The summed E-state index contributed by atoms with van der Waals surface area (Å²) >= 11 is 0. The maximum Gasteiger partial charge on any atom is 0.290 e. The van der Waals surface area contributed by atoms with E-state index in [1.165, 1.54) is 25.7 Å². The highest BCUT2D eigenvalue weighted by molar-refractivity contribution is 5.78. The number of hydrogen-bond acceptors (Lipinski definition) is 4. The third kappa shape index (κ3) is 7.67. The zero-order valence-electron chi connectivity index (χ0n) is 15.2. The van der Waals surface area contributed by atoms with E-state index in [-0.39, 0.29) is 19.0 Å². The number of carbonyl (C=O) groups is 2. The second-order valence-corrected chi connectivity index (χ2v) is 6.49. The molecule has 1 saturated carbocycles. The van der Waals surface area contributed by atoms with Gasteiger partial charge >= 0.3 is 0 Å². The van der Waals surface area contributed by atoms with Crippen LogP contribution in [0, 0.1) is 0 Å². The molecule has 0 aromatic heterocycles. The maximum atomic E-state index is 12.3. The van der Waals surface area contributed by atoms with E-state index in [2.05, 4.69) is 11.9 Å². The topological polar surface area (TPSA) is 81.1 Å². The van der Waals surface area contributed by atoms with E-state index in [1.54, 1.807) is 0 Å². The number of carboxylic acid groups (broad SMARTS) is 1. The molecule has 140 valence electrons. The third-order valence-corrected chi connectivity index (χ3v) is 4.72. The Morgan fingerprint density at radius 2 is 1.64 bits per heavy atom. The number of likely N-dealkylation sites (N-methyl/N-ethyl adjacent to an activating group) is 2. The first-order valence-electron chi connectivity index (χ1n) is 8.72. The number of aliphatic hydroxyl groups excluding tert-OH is 1. The number of rotatable bonds is 7. The van der Waals surface area contributed by atoms with Gasteiger partial charge in [-0.05, 0) is 31.0 Å². The van der Waals surface area contributed by atoms with Crippen molar-refractivity contribution in [1.82, 2.24) is 9.80 Å². The highest BCUT2D eigenvalue weighted by Gasteiger charge is 2.20. The summed E-state index contributed by atoms with van der Waals surface area (Å²) in [5, 5.41) is 15.9. The first-order chi connectivity index (χ1) is 12.0. The minimum atomic E-state index is -0.250. The highest BCUT2D eigenvalue weighted by atomic mass is 16.3. The molecule has 1 aromatic rings. The summed E-state index contributed by atoms with van der Waals surface area (Å²) in [6.07, 6.45) is 5.70. The Labute approximate surface area is 150 Å². The van der Waals surface area contributed by atoms with E-state index in [9.17, 15) is 4.79 Å². The summed E-state index contributed by atoms with van der Waals surface area (Å²) in [5.41, 5.74) is 1.88. The molecule has 1 aliphatic carbocycles. The maximum absolute atomic E-state index is 12.3. The van der Waals surface area contributed by atoms with Crippen molar-refractivity contribution in [2.45, 2.75) is 44.8 Å². The first kappa shape index (κ1) is 21.1. The van der Waals surface area contributed by atoms with Gasteiger partial charge < -0.3 is 20.0 Å². The normalized spacial score (nSPS) is 14.1. The van der Waals surface area contributed by atoms with Crippen molar-refractivity contribution in [2.24, 2.45) is 0 Å². The van der Waals surface area contributed by atoms with E-state index < -0.39 is 0 Å². The third-order valence-electron chi connectivity index (χ3n) is 4.72. The van der Waals surface area contributed by atoms with Crippen molar-refractivity contribution in [3.05, 3.63) is 35.4 Å². The predicted molar refractivity (Wildman–Crippen MR) is 97.3 cm³/mol. The largest absolute Gasteiger partial charge is 0.483 e.